The Morgan fingerprint density at radius 2 is 1.27 bits per heavy atom. The van der Waals surface area contributed by atoms with E-state index in [1.54, 1.807) is 0 Å². The lowest BCUT2D eigenvalue weighted by Gasteiger charge is -2.39. The zero-order valence-electron chi connectivity index (χ0n) is 30.1. The molecule has 0 bridgehead atoms. The third-order valence-electron chi connectivity index (χ3n) is 9.90. The summed E-state index contributed by atoms with van der Waals surface area (Å²) >= 11 is 0. The highest BCUT2D eigenvalue weighted by Gasteiger charge is 2.39. The average molecular weight is 673 g/mol. The molecule has 51 heavy (non-hydrogen) atoms. The maximum Gasteiger partial charge on any atom is 0.235 e. The number of aromatic nitrogens is 2. The van der Waals surface area contributed by atoms with Crippen LogP contribution >= 0.6 is 8.07 Å². The summed E-state index contributed by atoms with van der Waals surface area (Å²) in [7, 11) is -1.37. The summed E-state index contributed by atoms with van der Waals surface area (Å²) < 4.78 is 35.5. The van der Waals surface area contributed by atoms with Gasteiger partial charge in [0.1, 0.15) is 11.3 Å². The van der Waals surface area contributed by atoms with Crippen molar-refractivity contribution in [2.24, 2.45) is 0 Å². The molecular formula is C46H28N3OP. The molecule has 0 fully saturated rings. The molecular weight excluding hydrogens is 642 g/mol. The minimum absolute atomic E-state index is 0.0779. The van der Waals surface area contributed by atoms with Gasteiger partial charge >= 0.3 is 0 Å². The van der Waals surface area contributed by atoms with E-state index in [1.807, 2.05) is 42.5 Å². The highest BCUT2D eigenvalue weighted by molar-refractivity contribution is 7.75. The van der Waals surface area contributed by atoms with Crippen molar-refractivity contribution in [3.8, 4) is 22.4 Å². The molecule has 238 valence electrons. The summed E-state index contributed by atoms with van der Waals surface area (Å²) in [4.78, 5) is 10.7. The molecule has 1 atom stereocenters. The first-order valence-electron chi connectivity index (χ1n) is 18.4. The van der Waals surface area contributed by atoms with Gasteiger partial charge in [0.15, 0.2) is 5.58 Å². The van der Waals surface area contributed by atoms with Crippen LogP contribution in [0.15, 0.2) is 174 Å². The van der Waals surface area contributed by atoms with Crippen LogP contribution in [0.25, 0.3) is 76.8 Å². The van der Waals surface area contributed by atoms with Crippen molar-refractivity contribution in [3.63, 3.8) is 0 Å². The molecule has 0 aliphatic carbocycles. The first-order valence-corrected chi connectivity index (χ1v) is 18.2. The smallest absolute Gasteiger partial charge is 0.235 e. The molecule has 0 N–H and O–H groups in total. The molecule has 5 heteroatoms. The number of para-hydroxylation sites is 2. The van der Waals surface area contributed by atoms with E-state index in [0.29, 0.717) is 22.7 Å². The van der Waals surface area contributed by atoms with Crippen LogP contribution in [0.2, 0.25) is 0 Å². The van der Waals surface area contributed by atoms with Crippen LogP contribution in [0.3, 0.4) is 0 Å². The van der Waals surface area contributed by atoms with Gasteiger partial charge in [0, 0.05) is 37.9 Å². The number of hydrogen-bond acceptors (Lipinski definition) is 4. The highest BCUT2D eigenvalue weighted by Crippen LogP contribution is 2.60. The van der Waals surface area contributed by atoms with Gasteiger partial charge in [-0.15, -0.1) is 0 Å². The van der Waals surface area contributed by atoms with Crippen molar-refractivity contribution in [1.82, 2.24) is 9.97 Å². The number of anilines is 2. The lowest BCUT2D eigenvalue weighted by Crippen LogP contribution is -2.31. The van der Waals surface area contributed by atoms with Crippen LogP contribution in [0.4, 0.5) is 11.6 Å². The van der Waals surface area contributed by atoms with E-state index < -0.39 is 8.07 Å². The molecule has 2 aromatic heterocycles. The van der Waals surface area contributed by atoms with Crippen molar-refractivity contribution >= 4 is 84.7 Å². The number of rotatable bonds is 3. The van der Waals surface area contributed by atoms with E-state index in [-0.39, 0.29) is 18.1 Å². The predicted octanol–water partition coefficient (Wildman–Crippen LogP) is 11.7. The Kier molecular flexibility index (Phi) is 5.56. The number of nitrogens with zero attached hydrogens (tertiary/aromatic N) is 3. The Morgan fingerprint density at radius 3 is 2.10 bits per heavy atom. The van der Waals surface area contributed by atoms with E-state index in [1.165, 1.54) is 17.4 Å². The third kappa shape index (κ3) is 4.24. The minimum atomic E-state index is -1.37. The zero-order chi connectivity index (χ0) is 36.1. The Balaban J connectivity index is 1.36. The molecule has 0 saturated heterocycles. The van der Waals surface area contributed by atoms with Gasteiger partial charge < -0.3 is 4.42 Å². The second-order valence-electron chi connectivity index (χ2n) is 12.8. The minimum Gasteiger partial charge on any atom is -0.454 e. The van der Waals surface area contributed by atoms with Crippen molar-refractivity contribution in [2.45, 2.75) is 0 Å². The summed E-state index contributed by atoms with van der Waals surface area (Å²) in [6.07, 6.45) is 0. The van der Waals surface area contributed by atoms with E-state index in [9.17, 15) is 0 Å². The van der Waals surface area contributed by atoms with Gasteiger partial charge in [0.2, 0.25) is 5.95 Å². The molecule has 1 aliphatic rings. The van der Waals surface area contributed by atoms with E-state index in [0.717, 1.165) is 71.0 Å². The number of furan rings is 1. The summed E-state index contributed by atoms with van der Waals surface area (Å²) in [5, 5.41) is 9.60. The van der Waals surface area contributed by atoms with Crippen LogP contribution in [-0.2, 0) is 0 Å². The van der Waals surface area contributed by atoms with Crippen LogP contribution < -0.4 is 15.3 Å². The van der Waals surface area contributed by atoms with Crippen molar-refractivity contribution in [2.75, 3.05) is 4.67 Å². The topological polar surface area (TPSA) is 42.2 Å². The van der Waals surface area contributed by atoms with Crippen LogP contribution in [-0.4, -0.2) is 9.97 Å². The van der Waals surface area contributed by atoms with Gasteiger partial charge in [0.25, 0.3) is 0 Å². The SMILES string of the molecule is [2H]c1cc([2H])c(-c2nc(N3c4c(c5ccccc5c5c4oc4ccccc45)-c4cc5ccccc5cc4P3c3ccccc3)nc3ccccc23)c([2H])c1. The fraction of sp³-hybridized carbons (Fsp3) is 0. The maximum absolute atomic E-state index is 8.98. The average Bonchev–Trinajstić information content (AvgIpc) is 3.59. The maximum atomic E-state index is 8.98. The Bertz CT molecular complexity index is 3160. The Hall–Kier alpha value is -6.35. The van der Waals surface area contributed by atoms with Gasteiger partial charge in [-0.1, -0.05) is 146 Å². The highest BCUT2D eigenvalue weighted by atomic mass is 31.1. The van der Waals surface area contributed by atoms with Crippen molar-refractivity contribution in [3.05, 3.63) is 170 Å². The van der Waals surface area contributed by atoms with Gasteiger partial charge in [-0.05, 0) is 51.4 Å². The van der Waals surface area contributed by atoms with E-state index in [2.05, 4.69) is 102 Å². The van der Waals surface area contributed by atoms with E-state index >= 15 is 0 Å². The monoisotopic (exact) mass is 672 g/mol. The van der Waals surface area contributed by atoms with Gasteiger partial charge in [-0.2, -0.15) is 0 Å². The quantitative estimate of drug-likeness (QED) is 0.175. The van der Waals surface area contributed by atoms with Gasteiger partial charge in [-0.3, -0.25) is 4.67 Å². The summed E-state index contributed by atoms with van der Waals surface area (Å²) in [6, 6.07) is 51.5. The molecule has 10 aromatic rings. The summed E-state index contributed by atoms with van der Waals surface area (Å²) in [6.45, 7) is 0. The van der Waals surface area contributed by atoms with Crippen LogP contribution in [0.5, 0.6) is 0 Å². The number of fused-ring (bicyclic) bond motifs is 12. The molecule has 0 radical (unpaired) electrons. The Labute approximate surface area is 299 Å². The summed E-state index contributed by atoms with van der Waals surface area (Å²) in [5.74, 6) is 0.449. The van der Waals surface area contributed by atoms with Crippen molar-refractivity contribution < 1.29 is 8.53 Å². The van der Waals surface area contributed by atoms with Gasteiger partial charge in [0.05, 0.1) is 23.4 Å². The molecule has 1 aliphatic heterocycles. The first-order chi connectivity index (χ1) is 26.5. The normalized spacial score (nSPS) is 14.9. The zero-order valence-corrected chi connectivity index (χ0v) is 28.0. The first kappa shape index (κ1) is 25.6. The van der Waals surface area contributed by atoms with Gasteiger partial charge in [-0.25, -0.2) is 9.97 Å². The second kappa shape index (κ2) is 11.1. The van der Waals surface area contributed by atoms with Crippen LogP contribution in [0, 0.1) is 0 Å². The molecule has 11 rings (SSSR count). The fourth-order valence-corrected chi connectivity index (χ4v) is 10.2. The third-order valence-corrected chi connectivity index (χ3v) is 12.3. The predicted molar refractivity (Wildman–Crippen MR) is 214 cm³/mol. The van der Waals surface area contributed by atoms with Crippen LogP contribution in [0.1, 0.15) is 4.11 Å². The number of benzene rings is 8. The molecule has 0 spiro atoms. The molecule has 4 nitrogen and oxygen atoms in total. The number of hydrogen-bond donors (Lipinski definition) is 0. The Morgan fingerprint density at radius 1 is 0.608 bits per heavy atom. The lowest BCUT2D eigenvalue weighted by molar-refractivity contribution is 0.669. The molecule has 0 amide bonds. The standard InChI is InChI=1S/C46H28N3OP/c1-3-15-29(16-4-1)43-35-23-11-13-25-38(35)47-46(48-43)49-44-41(33-21-9-10-22-34(33)42-36-24-12-14-26-39(36)50-45(42)44)37-27-30-17-7-8-18-31(30)28-40(37)51(49)32-19-5-2-6-20-32/h1-28H/i1D,15D,16D. The fourth-order valence-electron chi connectivity index (χ4n) is 7.74. The molecule has 0 saturated carbocycles. The second-order valence-corrected chi connectivity index (χ2v) is 14.8. The summed E-state index contributed by atoms with van der Waals surface area (Å²) in [5.41, 5.74) is 6.18. The lowest BCUT2D eigenvalue weighted by atomic mass is 9.91. The van der Waals surface area contributed by atoms with Crippen molar-refractivity contribution in [1.29, 1.82) is 0 Å². The molecule has 3 heterocycles. The molecule has 8 aromatic carbocycles. The largest absolute Gasteiger partial charge is 0.454 e. The molecule has 1 unspecified atom stereocenters. The van der Waals surface area contributed by atoms with E-state index in [4.69, 9.17) is 18.5 Å².